The van der Waals surface area contributed by atoms with Gasteiger partial charge in [-0.25, -0.2) is 0 Å². The van der Waals surface area contributed by atoms with Crippen molar-refractivity contribution in [3.63, 3.8) is 0 Å². The number of allylic oxidation sites excluding steroid dienone is 9. The first-order valence-electron chi connectivity index (χ1n) is 15.7. The zero-order chi connectivity index (χ0) is 32.8. The molecule has 45 heavy (non-hydrogen) atoms. The Morgan fingerprint density at radius 2 is 1.22 bits per heavy atom. The molecule has 4 aromatic rings. The van der Waals surface area contributed by atoms with Crippen LogP contribution in [0.1, 0.15) is 56.9 Å². The molecule has 0 heterocycles. The molecule has 1 aliphatic rings. The van der Waals surface area contributed by atoms with Gasteiger partial charge in [-0.05, 0) is 103 Å². The van der Waals surface area contributed by atoms with Crippen LogP contribution in [0.4, 0.5) is 5.69 Å². The van der Waals surface area contributed by atoms with E-state index in [9.17, 15) is 0 Å². The smallest absolute Gasteiger partial charge is 0.0444 e. The Kier molecular flexibility index (Phi) is 12.9. The molecule has 0 aromatic heterocycles. The Hall–Kier alpha value is -4.88. The molecular weight excluding hydrogens is 542 g/mol. The topological polar surface area (TPSA) is 12.0 Å². The minimum absolute atomic E-state index is 0.160. The Bertz CT molecular complexity index is 1640. The zero-order valence-corrected chi connectivity index (χ0v) is 28.2. The lowest BCUT2D eigenvalue weighted by molar-refractivity contribution is 0.660. The van der Waals surface area contributed by atoms with E-state index in [1.807, 2.05) is 69.4 Å². The number of fused-ring (bicyclic) bond motifs is 3. The van der Waals surface area contributed by atoms with Crippen LogP contribution in [-0.2, 0) is 5.41 Å². The van der Waals surface area contributed by atoms with Crippen LogP contribution in [0.15, 0.2) is 164 Å². The normalized spacial score (nSPS) is 13.0. The molecule has 1 heteroatoms. The molecule has 0 amide bonds. The van der Waals surface area contributed by atoms with Crippen LogP contribution in [0.3, 0.4) is 0 Å². The van der Waals surface area contributed by atoms with Crippen LogP contribution in [0, 0.1) is 13.8 Å². The summed E-state index contributed by atoms with van der Waals surface area (Å²) < 4.78 is 0. The Morgan fingerprint density at radius 3 is 1.71 bits per heavy atom. The van der Waals surface area contributed by atoms with Gasteiger partial charge in [0.05, 0.1) is 0 Å². The summed E-state index contributed by atoms with van der Waals surface area (Å²) in [5.74, 6) is 0. The van der Waals surface area contributed by atoms with Crippen molar-refractivity contribution in [1.29, 1.82) is 0 Å². The van der Waals surface area contributed by atoms with Crippen LogP contribution in [-0.4, -0.2) is 0 Å². The average Bonchev–Trinajstić information content (AvgIpc) is 3.27. The number of benzene rings is 4. The second-order valence-electron chi connectivity index (χ2n) is 11.8. The fraction of sp³-hybridized carbons (Fsp3) is 0.182. The number of anilines is 1. The minimum atomic E-state index is 0.160. The van der Waals surface area contributed by atoms with Gasteiger partial charge in [-0.1, -0.05) is 148 Å². The number of hydrogen-bond acceptors (Lipinski definition) is 1. The molecule has 0 fully saturated rings. The van der Waals surface area contributed by atoms with E-state index in [4.69, 9.17) is 0 Å². The highest BCUT2D eigenvalue weighted by atomic mass is 14.9. The standard InChI is InChI=1S/C21H23N.C15H14.C8H12/c1-5-10-20(11-6-2)22-21-16(3)14-19(15-17(21)4)18-12-8-7-9-13-18;1-15(2)13-9-5-3-7-11(13)12-8-4-6-10-14(12)15;1-4-5-6-7-8(2)3/h5-15,22H,1H2,2-4H3;3-10H,1-2H3;4-7H,2H2,1,3H3/b11-6-,20-10+;;5-4-,7-6-. The zero-order valence-electron chi connectivity index (χ0n) is 28.2. The van der Waals surface area contributed by atoms with E-state index in [1.165, 1.54) is 44.5 Å². The van der Waals surface area contributed by atoms with E-state index in [0.29, 0.717) is 0 Å². The lowest BCUT2D eigenvalue weighted by Gasteiger charge is -2.20. The number of rotatable bonds is 7. The van der Waals surface area contributed by atoms with Gasteiger partial charge in [0.15, 0.2) is 0 Å². The van der Waals surface area contributed by atoms with Crippen molar-refractivity contribution in [2.24, 2.45) is 0 Å². The highest BCUT2D eigenvalue weighted by molar-refractivity contribution is 5.80. The first-order chi connectivity index (χ1) is 21.6. The van der Waals surface area contributed by atoms with Gasteiger partial charge in [-0.15, -0.1) is 0 Å². The molecule has 1 aliphatic carbocycles. The van der Waals surface area contributed by atoms with Gasteiger partial charge in [0, 0.05) is 16.8 Å². The largest absolute Gasteiger partial charge is 0.355 e. The molecule has 230 valence electrons. The second-order valence-corrected chi connectivity index (χ2v) is 11.8. The van der Waals surface area contributed by atoms with Crippen LogP contribution in [0.5, 0.6) is 0 Å². The van der Waals surface area contributed by atoms with Gasteiger partial charge in [0.25, 0.3) is 0 Å². The van der Waals surface area contributed by atoms with Gasteiger partial charge in [-0.2, -0.15) is 0 Å². The van der Waals surface area contributed by atoms with E-state index >= 15 is 0 Å². The summed E-state index contributed by atoms with van der Waals surface area (Å²) in [6.07, 6.45) is 15.8. The van der Waals surface area contributed by atoms with Crippen molar-refractivity contribution in [3.05, 3.63) is 186 Å². The van der Waals surface area contributed by atoms with E-state index < -0.39 is 0 Å². The predicted molar refractivity (Wildman–Crippen MR) is 201 cm³/mol. The average molecular weight is 592 g/mol. The van der Waals surface area contributed by atoms with Gasteiger partial charge >= 0.3 is 0 Å². The first-order valence-corrected chi connectivity index (χ1v) is 15.7. The van der Waals surface area contributed by atoms with Crippen molar-refractivity contribution in [1.82, 2.24) is 0 Å². The molecule has 0 saturated heterocycles. The molecule has 1 nitrogen and oxygen atoms in total. The van der Waals surface area contributed by atoms with E-state index in [1.54, 1.807) is 6.08 Å². The maximum absolute atomic E-state index is 3.77. The third-order valence-electron chi connectivity index (χ3n) is 7.73. The summed E-state index contributed by atoms with van der Waals surface area (Å²) >= 11 is 0. The summed E-state index contributed by atoms with van der Waals surface area (Å²) in [5.41, 5.74) is 14.1. The third kappa shape index (κ3) is 9.30. The molecule has 0 bridgehead atoms. The molecule has 5 rings (SSSR count). The van der Waals surface area contributed by atoms with Crippen LogP contribution >= 0.6 is 0 Å². The molecule has 0 spiro atoms. The van der Waals surface area contributed by atoms with Crippen LogP contribution in [0.25, 0.3) is 22.3 Å². The van der Waals surface area contributed by atoms with Crippen molar-refractivity contribution in [2.45, 2.75) is 53.9 Å². The van der Waals surface area contributed by atoms with Gasteiger partial charge in [-0.3, -0.25) is 0 Å². The van der Waals surface area contributed by atoms with Gasteiger partial charge < -0.3 is 5.32 Å². The quantitative estimate of drug-likeness (QED) is 0.211. The molecule has 0 saturated carbocycles. The van der Waals surface area contributed by atoms with Crippen LogP contribution < -0.4 is 5.32 Å². The summed E-state index contributed by atoms with van der Waals surface area (Å²) in [6, 6.07) is 32.4. The maximum atomic E-state index is 3.77. The van der Waals surface area contributed by atoms with Gasteiger partial charge in [0.1, 0.15) is 0 Å². The second kappa shape index (κ2) is 16.8. The third-order valence-corrected chi connectivity index (χ3v) is 7.73. The van der Waals surface area contributed by atoms with Crippen molar-refractivity contribution in [3.8, 4) is 22.3 Å². The van der Waals surface area contributed by atoms with Crippen LogP contribution in [0.2, 0.25) is 0 Å². The Morgan fingerprint density at radius 1 is 0.689 bits per heavy atom. The van der Waals surface area contributed by atoms with Gasteiger partial charge in [0.2, 0.25) is 0 Å². The summed E-state index contributed by atoms with van der Waals surface area (Å²) in [5, 5.41) is 3.50. The lowest BCUT2D eigenvalue weighted by atomic mass is 9.82. The molecule has 1 N–H and O–H groups in total. The highest BCUT2D eigenvalue weighted by Gasteiger charge is 2.34. The molecule has 0 radical (unpaired) electrons. The number of aryl methyl sites for hydroxylation is 2. The maximum Gasteiger partial charge on any atom is 0.0444 e. The summed E-state index contributed by atoms with van der Waals surface area (Å²) in [7, 11) is 0. The molecule has 4 aromatic carbocycles. The van der Waals surface area contributed by atoms with Crippen molar-refractivity contribution < 1.29 is 0 Å². The molecule has 0 unspecified atom stereocenters. The van der Waals surface area contributed by atoms with Crippen molar-refractivity contribution >= 4 is 5.69 Å². The monoisotopic (exact) mass is 591 g/mol. The first kappa shape index (κ1) is 34.6. The Balaban J connectivity index is 0.000000206. The minimum Gasteiger partial charge on any atom is -0.355 e. The number of hydrogen-bond donors (Lipinski definition) is 1. The molecular formula is C44H49N. The highest BCUT2D eigenvalue weighted by Crippen LogP contribution is 2.48. The van der Waals surface area contributed by atoms with E-state index in [0.717, 1.165) is 17.0 Å². The Labute approximate surface area is 272 Å². The van der Waals surface area contributed by atoms with Crippen molar-refractivity contribution in [2.75, 3.05) is 5.32 Å². The SMILES string of the molecule is C=C(C)/C=C\C=C/C.C=C/C=C(\C=C/C)Nc1c(C)cc(-c2ccccc2)cc1C.CC1(C)c2ccccc2-c2ccccc21. The lowest BCUT2D eigenvalue weighted by Crippen LogP contribution is -2.14. The van der Waals surface area contributed by atoms with E-state index in [-0.39, 0.29) is 5.41 Å². The van der Waals surface area contributed by atoms with E-state index in [2.05, 4.69) is 131 Å². The fourth-order valence-corrected chi connectivity index (χ4v) is 5.55. The molecule has 0 aliphatic heterocycles. The number of nitrogens with one attached hydrogen (secondary N) is 1. The summed E-state index contributed by atoms with van der Waals surface area (Å²) in [4.78, 5) is 0. The fourth-order valence-electron chi connectivity index (χ4n) is 5.55. The molecule has 0 atom stereocenters. The summed E-state index contributed by atoms with van der Waals surface area (Å²) in [6.45, 7) is 22.3. The predicted octanol–water partition coefficient (Wildman–Crippen LogP) is 12.7.